The zero-order chi connectivity index (χ0) is 21.3. The molecule has 2 aromatic carbocycles. The molecule has 3 heterocycles. The van der Waals surface area contributed by atoms with Gasteiger partial charge >= 0.3 is 0 Å². The maximum atomic E-state index is 13.2. The van der Waals surface area contributed by atoms with Crippen LogP contribution < -0.4 is 0 Å². The van der Waals surface area contributed by atoms with Crippen LogP contribution in [-0.2, 0) is 5.60 Å². The lowest BCUT2D eigenvalue weighted by Gasteiger charge is -2.42. The van der Waals surface area contributed by atoms with Crippen molar-refractivity contribution in [3.8, 4) is 0 Å². The summed E-state index contributed by atoms with van der Waals surface area (Å²) in [6, 6.07) is 25.5. The first-order valence-electron chi connectivity index (χ1n) is 10.7. The van der Waals surface area contributed by atoms with Gasteiger partial charge in [0.1, 0.15) is 5.60 Å². The number of piperidine rings is 1. The van der Waals surface area contributed by atoms with E-state index in [1.54, 1.807) is 10.7 Å². The number of carbonyl (C=O) groups excluding carboxylic acids is 1. The molecular formula is C26H25N3O2. The third kappa shape index (κ3) is 3.41. The summed E-state index contributed by atoms with van der Waals surface area (Å²) in [6.45, 7) is 1.21. The van der Waals surface area contributed by atoms with Crippen LogP contribution in [0, 0.1) is 5.92 Å². The van der Waals surface area contributed by atoms with E-state index in [0.717, 1.165) is 29.5 Å². The van der Waals surface area contributed by atoms with E-state index in [2.05, 4.69) is 5.10 Å². The van der Waals surface area contributed by atoms with Gasteiger partial charge in [-0.2, -0.15) is 5.10 Å². The lowest BCUT2D eigenvalue weighted by atomic mass is 9.72. The SMILES string of the molecule is O=C(c1cnn2ccccc12)N1CCC(C(O)(c2ccccc2)c2ccccc2)CC1. The number of amides is 1. The molecule has 5 heteroatoms. The Morgan fingerprint density at radius 3 is 2.06 bits per heavy atom. The standard InChI is InChI=1S/C26H25N3O2/c30-25(23-19-27-29-16-8-7-13-24(23)29)28-17-14-22(15-18-28)26(31,20-9-3-1-4-10-20)21-11-5-2-6-12-21/h1-13,16,19,22,31H,14-15,17-18H2. The van der Waals surface area contributed by atoms with Crippen molar-refractivity contribution in [2.75, 3.05) is 13.1 Å². The molecule has 0 spiro atoms. The van der Waals surface area contributed by atoms with Crippen LogP contribution in [0.1, 0.15) is 34.3 Å². The summed E-state index contributed by atoms with van der Waals surface area (Å²) in [5.74, 6) is 0.0212. The first-order valence-corrected chi connectivity index (χ1v) is 10.7. The molecule has 156 valence electrons. The molecule has 1 saturated heterocycles. The van der Waals surface area contributed by atoms with E-state index in [-0.39, 0.29) is 11.8 Å². The van der Waals surface area contributed by atoms with E-state index < -0.39 is 5.60 Å². The van der Waals surface area contributed by atoms with Crippen molar-refractivity contribution >= 4 is 11.4 Å². The van der Waals surface area contributed by atoms with Crippen molar-refractivity contribution in [3.05, 3.63) is 108 Å². The molecular weight excluding hydrogens is 386 g/mol. The highest BCUT2D eigenvalue weighted by Gasteiger charge is 2.42. The van der Waals surface area contributed by atoms with Crippen LogP contribution in [0.25, 0.3) is 5.52 Å². The Hall–Kier alpha value is -3.44. The Labute approximate surface area is 181 Å². The van der Waals surface area contributed by atoms with E-state index in [0.29, 0.717) is 18.7 Å². The Morgan fingerprint density at radius 2 is 1.45 bits per heavy atom. The van der Waals surface area contributed by atoms with Crippen molar-refractivity contribution in [1.82, 2.24) is 14.5 Å². The maximum absolute atomic E-state index is 13.2. The number of fused-ring (bicyclic) bond motifs is 1. The zero-order valence-electron chi connectivity index (χ0n) is 17.3. The molecule has 0 unspecified atom stereocenters. The molecule has 1 aliphatic heterocycles. The molecule has 0 saturated carbocycles. The van der Waals surface area contributed by atoms with Crippen LogP contribution in [0.4, 0.5) is 0 Å². The largest absolute Gasteiger partial charge is 0.380 e. The fourth-order valence-electron chi connectivity index (χ4n) is 4.79. The Kier molecular flexibility index (Phi) is 5.04. The van der Waals surface area contributed by atoms with Crippen LogP contribution in [0.2, 0.25) is 0 Å². The first-order chi connectivity index (χ1) is 15.2. The van der Waals surface area contributed by atoms with Gasteiger partial charge in [-0.05, 0) is 42.0 Å². The summed E-state index contributed by atoms with van der Waals surface area (Å²) in [7, 11) is 0. The van der Waals surface area contributed by atoms with E-state index in [4.69, 9.17) is 0 Å². The van der Waals surface area contributed by atoms with Gasteiger partial charge < -0.3 is 10.0 Å². The quantitative estimate of drug-likeness (QED) is 0.550. The van der Waals surface area contributed by atoms with Gasteiger partial charge in [0.2, 0.25) is 0 Å². The number of nitrogens with zero attached hydrogens (tertiary/aromatic N) is 3. The second-order valence-electron chi connectivity index (χ2n) is 8.15. The average molecular weight is 412 g/mol. The van der Waals surface area contributed by atoms with Gasteiger partial charge in [-0.1, -0.05) is 66.7 Å². The molecule has 0 radical (unpaired) electrons. The third-order valence-electron chi connectivity index (χ3n) is 6.46. The summed E-state index contributed by atoms with van der Waals surface area (Å²) < 4.78 is 1.73. The molecule has 5 nitrogen and oxygen atoms in total. The molecule has 0 bridgehead atoms. The monoisotopic (exact) mass is 411 g/mol. The van der Waals surface area contributed by atoms with Crippen LogP contribution >= 0.6 is 0 Å². The van der Waals surface area contributed by atoms with Gasteiger partial charge in [0, 0.05) is 19.3 Å². The summed E-state index contributed by atoms with van der Waals surface area (Å²) in [5, 5.41) is 16.3. The number of aromatic nitrogens is 2. The van der Waals surface area contributed by atoms with Crippen LogP contribution in [0.15, 0.2) is 91.3 Å². The highest BCUT2D eigenvalue weighted by molar-refractivity contribution is 6.00. The Morgan fingerprint density at radius 1 is 0.871 bits per heavy atom. The second kappa shape index (κ2) is 8.00. The number of rotatable bonds is 4. The van der Waals surface area contributed by atoms with E-state index in [9.17, 15) is 9.90 Å². The second-order valence-corrected chi connectivity index (χ2v) is 8.15. The molecule has 5 rings (SSSR count). The molecule has 1 N–H and O–H groups in total. The summed E-state index contributed by atoms with van der Waals surface area (Å²) in [4.78, 5) is 15.1. The minimum absolute atomic E-state index is 0.00242. The minimum Gasteiger partial charge on any atom is -0.380 e. The van der Waals surface area contributed by atoms with Crippen molar-refractivity contribution in [2.24, 2.45) is 5.92 Å². The summed E-state index contributed by atoms with van der Waals surface area (Å²) >= 11 is 0. The molecule has 2 aromatic heterocycles. The molecule has 0 atom stereocenters. The molecule has 4 aromatic rings. The predicted molar refractivity (Wildman–Crippen MR) is 120 cm³/mol. The normalized spacial score (nSPS) is 15.3. The highest BCUT2D eigenvalue weighted by Crippen LogP contribution is 2.42. The Balaban J connectivity index is 1.40. The summed E-state index contributed by atoms with van der Waals surface area (Å²) in [6.07, 6.45) is 4.95. The van der Waals surface area contributed by atoms with Gasteiger partial charge in [0.25, 0.3) is 5.91 Å². The predicted octanol–water partition coefficient (Wildman–Crippen LogP) is 4.12. The number of aliphatic hydroxyl groups is 1. The maximum Gasteiger partial charge on any atom is 0.257 e. The van der Waals surface area contributed by atoms with Gasteiger partial charge in [-0.15, -0.1) is 0 Å². The van der Waals surface area contributed by atoms with Crippen molar-refractivity contribution in [1.29, 1.82) is 0 Å². The Bertz CT molecular complexity index is 1140. The number of hydrogen-bond acceptors (Lipinski definition) is 3. The number of likely N-dealkylation sites (tertiary alicyclic amines) is 1. The molecule has 1 aliphatic rings. The van der Waals surface area contributed by atoms with Crippen LogP contribution in [0.5, 0.6) is 0 Å². The van der Waals surface area contributed by atoms with Crippen molar-refractivity contribution < 1.29 is 9.90 Å². The van der Waals surface area contributed by atoms with E-state index in [1.165, 1.54) is 0 Å². The molecule has 1 fully saturated rings. The van der Waals surface area contributed by atoms with Crippen LogP contribution in [0.3, 0.4) is 0 Å². The number of pyridine rings is 1. The van der Waals surface area contributed by atoms with Crippen molar-refractivity contribution in [2.45, 2.75) is 18.4 Å². The van der Waals surface area contributed by atoms with Gasteiger partial charge in [-0.3, -0.25) is 4.79 Å². The number of hydrogen-bond donors (Lipinski definition) is 1. The van der Waals surface area contributed by atoms with Crippen LogP contribution in [-0.4, -0.2) is 38.6 Å². The number of benzene rings is 2. The van der Waals surface area contributed by atoms with Gasteiger partial charge in [0.05, 0.1) is 17.3 Å². The third-order valence-corrected chi connectivity index (χ3v) is 6.46. The van der Waals surface area contributed by atoms with E-state index in [1.807, 2.05) is 90.0 Å². The minimum atomic E-state index is -1.08. The fourth-order valence-corrected chi connectivity index (χ4v) is 4.79. The molecule has 0 aliphatic carbocycles. The van der Waals surface area contributed by atoms with E-state index >= 15 is 0 Å². The smallest absolute Gasteiger partial charge is 0.257 e. The topological polar surface area (TPSA) is 57.8 Å². The lowest BCUT2D eigenvalue weighted by molar-refractivity contribution is -0.0122. The molecule has 1 amide bonds. The molecule has 31 heavy (non-hydrogen) atoms. The van der Waals surface area contributed by atoms with Gasteiger partial charge in [0.15, 0.2) is 0 Å². The fraction of sp³-hybridized carbons (Fsp3) is 0.231. The lowest BCUT2D eigenvalue weighted by Crippen LogP contribution is -2.46. The summed E-state index contributed by atoms with van der Waals surface area (Å²) in [5.41, 5.74) is 2.16. The van der Waals surface area contributed by atoms with Crippen molar-refractivity contribution in [3.63, 3.8) is 0 Å². The zero-order valence-corrected chi connectivity index (χ0v) is 17.3. The number of carbonyl (C=O) groups is 1. The first kappa shape index (κ1) is 19.5. The highest BCUT2D eigenvalue weighted by atomic mass is 16.3. The average Bonchev–Trinajstić information content (AvgIpc) is 3.28. The van der Waals surface area contributed by atoms with Gasteiger partial charge in [-0.25, -0.2) is 4.52 Å².